The number of benzene rings is 4. The van der Waals surface area contributed by atoms with Crippen LogP contribution in [0.15, 0.2) is 97.1 Å². The largest absolute Gasteiger partial charge is 0.497 e. The predicted molar refractivity (Wildman–Crippen MR) is 161 cm³/mol. The van der Waals surface area contributed by atoms with Crippen LogP contribution in [-0.4, -0.2) is 43.7 Å². The van der Waals surface area contributed by atoms with Gasteiger partial charge in [0.1, 0.15) is 23.0 Å². The van der Waals surface area contributed by atoms with E-state index in [1.165, 1.54) is 7.11 Å². The van der Waals surface area contributed by atoms with Gasteiger partial charge in [-0.3, -0.25) is 14.4 Å². The third-order valence-corrected chi connectivity index (χ3v) is 9.22. The van der Waals surface area contributed by atoms with Crippen LogP contribution in [0, 0.1) is 5.41 Å². The highest BCUT2D eigenvalue weighted by atomic mass is 35.5. The molecule has 1 spiro atoms. The number of para-hydroxylation sites is 1. The zero-order valence-electron chi connectivity index (χ0n) is 22.9. The van der Waals surface area contributed by atoms with E-state index in [4.69, 9.17) is 21.1 Å². The summed E-state index contributed by atoms with van der Waals surface area (Å²) in [4.78, 5) is 46.4. The molecular weight excluding hydrogens is 550 g/mol. The predicted octanol–water partition coefficient (Wildman–Crippen LogP) is 6.67. The minimum absolute atomic E-state index is 0.293. The lowest BCUT2D eigenvalue weighted by molar-refractivity contribution is 0.0664. The van der Waals surface area contributed by atoms with E-state index < -0.39 is 23.4 Å². The quantitative estimate of drug-likeness (QED) is 0.195. The van der Waals surface area contributed by atoms with Gasteiger partial charge in [-0.05, 0) is 42.0 Å². The van der Waals surface area contributed by atoms with E-state index in [2.05, 4.69) is 0 Å². The van der Waals surface area contributed by atoms with Crippen molar-refractivity contribution >= 4 is 40.7 Å². The number of anilines is 1. The van der Waals surface area contributed by atoms with E-state index in [0.717, 1.165) is 11.3 Å². The molecule has 4 aromatic rings. The van der Waals surface area contributed by atoms with Crippen LogP contribution in [0.5, 0.6) is 11.5 Å². The molecule has 2 aliphatic heterocycles. The summed E-state index contributed by atoms with van der Waals surface area (Å²) >= 11 is 6.62. The molecule has 0 amide bonds. The summed E-state index contributed by atoms with van der Waals surface area (Å²) in [7, 11) is 3.08. The molecular formula is C35H26ClNO5. The first-order valence-electron chi connectivity index (χ1n) is 13.7. The van der Waals surface area contributed by atoms with Crippen LogP contribution in [0.1, 0.15) is 48.1 Å². The summed E-state index contributed by atoms with van der Waals surface area (Å²) in [5.74, 6) is -0.900. The van der Waals surface area contributed by atoms with Crippen LogP contribution in [0.25, 0.3) is 6.08 Å². The summed E-state index contributed by atoms with van der Waals surface area (Å²) in [5, 5.41) is 0.296. The standard InChI is InChI=1S/C35H26ClNO5/c1-41-21-16-17-28(42-2)25(19-21)30-31(32(38)24-12-6-7-13-26(24)36)37-27-14-8-3-9-20(27)15-18-29(37)35(30)33(39)22-10-4-5-11-23(22)34(35)40/h3-19,29-31H,1-2H3/t29-,30-,31+/m0/s1. The van der Waals surface area contributed by atoms with Crippen molar-refractivity contribution in [2.75, 3.05) is 19.1 Å². The molecule has 7 rings (SSSR count). The zero-order valence-corrected chi connectivity index (χ0v) is 23.7. The van der Waals surface area contributed by atoms with Crippen molar-refractivity contribution in [2.45, 2.75) is 18.0 Å². The molecule has 3 aliphatic rings. The number of hydrogen-bond donors (Lipinski definition) is 0. The fourth-order valence-corrected chi connectivity index (χ4v) is 7.39. The van der Waals surface area contributed by atoms with Gasteiger partial charge < -0.3 is 14.4 Å². The number of halogens is 1. The van der Waals surface area contributed by atoms with Crippen molar-refractivity contribution < 1.29 is 23.9 Å². The fourth-order valence-electron chi connectivity index (χ4n) is 7.16. The SMILES string of the molecule is COc1ccc(OC)c([C@H]2[C@H](C(=O)c3ccccc3Cl)N3c4ccccc4C=C[C@H]3C23C(=O)c2ccccc2C3=O)c1. The van der Waals surface area contributed by atoms with E-state index in [0.29, 0.717) is 38.8 Å². The average molecular weight is 576 g/mol. The summed E-state index contributed by atoms with van der Waals surface area (Å²) in [6, 6.07) is 25.0. The van der Waals surface area contributed by atoms with Gasteiger partial charge in [-0.25, -0.2) is 0 Å². The van der Waals surface area contributed by atoms with Crippen molar-refractivity contribution in [1.29, 1.82) is 0 Å². The van der Waals surface area contributed by atoms with Gasteiger partial charge in [-0.1, -0.05) is 78.4 Å². The maximum absolute atomic E-state index is 14.9. The number of fused-ring (bicyclic) bond motifs is 5. The maximum atomic E-state index is 14.9. The number of Topliss-reactive ketones (excluding diaryl/α,β-unsaturated/α-hetero) is 3. The molecule has 1 aliphatic carbocycles. The van der Waals surface area contributed by atoms with Gasteiger partial charge in [0, 0.05) is 33.9 Å². The second-order valence-electron chi connectivity index (χ2n) is 10.7. The highest BCUT2D eigenvalue weighted by Gasteiger charge is 2.72. The van der Waals surface area contributed by atoms with E-state index in [1.807, 2.05) is 41.3 Å². The third kappa shape index (κ3) is 3.42. The van der Waals surface area contributed by atoms with Gasteiger partial charge in [0.2, 0.25) is 0 Å². The first-order valence-corrected chi connectivity index (χ1v) is 14.1. The van der Waals surface area contributed by atoms with Crippen LogP contribution >= 0.6 is 11.6 Å². The molecule has 208 valence electrons. The van der Waals surface area contributed by atoms with E-state index in [1.54, 1.807) is 73.8 Å². The number of rotatable bonds is 5. The molecule has 0 radical (unpaired) electrons. The topological polar surface area (TPSA) is 72.9 Å². The van der Waals surface area contributed by atoms with Crippen LogP contribution < -0.4 is 14.4 Å². The van der Waals surface area contributed by atoms with Crippen molar-refractivity contribution in [3.63, 3.8) is 0 Å². The molecule has 7 heteroatoms. The zero-order chi connectivity index (χ0) is 29.2. The minimum atomic E-state index is -1.66. The molecule has 6 nitrogen and oxygen atoms in total. The normalized spacial score (nSPS) is 21.2. The molecule has 0 N–H and O–H groups in total. The monoisotopic (exact) mass is 575 g/mol. The van der Waals surface area contributed by atoms with E-state index >= 15 is 0 Å². The van der Waals surface area contributed by atoms with Crippen LogP contribution in [0.3, 0.4) is 0 Å². The number of carbonyl (C=O) groups excluding carboxylic acids is 3. The average Bonchev–Trinajstić information content (AvgIpc) is 3.46. The van der Waals surface area contributed by atoms with Gasteiger partial charge in [-0.15, -0.1) is 0 Å². The Morgan fingerprint density at radius 3 is 2.19 bits per heavy atom. The van der Waals surface area contributed by atoms with Crippen molar-refractivity contribution in [3.8, 4) is 11.5 Å². The Hall–Kier alpha value is -4.68. The second-order valence-corrected chi connectivity index (χ2v) is 11.1. The van der Waals surface area contributed by atoms with E-state index in [-0.39, 0.29) is 17.3 Å². The van der Waals surface area contributed by atoms with Gasteiger partial charge in [0.05, 0.1) is 25.3 Å². The van der Waals surface area contributed by atoms with Crippen molar-refractivity contribution in [3.05, 3.63) is 130 Å². The Morgan fingerprint density at radius 2 is 1.50 bits per heavy atom. The molecule has 42 heavy (non-hydrogen) atoms. The molecule has 0 saturated carbocycles. The van der Waals surface area contributed by atoms with Gasteiger partial charge in [0.25, 0.3) is 0 Å². The molecule has 4 aromatic carbocycles. The minimum Gasteiger partial charge on any atom is -0.497 e. The van der Waals surface area contributed by atoms with E-state index in [9.17, 15) is 14.4 Å². The number of nitrogens with zero attached hydrogens (tertiary/aromatic N) is 1. The van der Waals surface area contributed by atoms with Gasteiger partial charge >= 0.3 is 0 Å². The summed E-state index contributed by atoms with van der Waals surface area (Å²) in [6.45, 7) is 0. The first kappa shape index (κ1) is 26.2. The summed E-state index contributed by atoms with van der Waals surface area (Å²) < 4.78 is 11.4. The smallest absolute Gasteiger partial charge is 0.187 e. The maximum Gasteiger partial charge on any atom is 0.187 e. The molecule has 0 unspecified atom stereocenters. The molecule has 1 fully saturated rings. The Balaban J connectivity index is 1.60. The van der Waals surface area contributed by atoms with Gasteiger partial charge in [-0.2, -0.15) is 0 Å². The number of methoxy groups -OCH3 is 2. The first-order chi connectivity index (χ1) is 20.4. The summed E-state index contributed by atoms with van der Waals surface area (Å²) in [5.41, 5.74) is 1.55. The molecule has 3 atom stereocenters. The Kier molecular flexibility index (Phi) is 6.06. The Labute approximate surface area is 248 Å². The van der Waals surface area contributed by atoms with Crippen LogP contribution in [0.4, 0.5) is 5.69 Å². The number of ketones is 3. The number of hydrogen-bond acceptors (Lipinski definition) is 6. The molecule has 0 bridgehead atoms. The number of carbonyl (C=O) groups is 3. The summed E-state index contributed by atoms with van der Waals surface area (Å²) in [6.07, 6.45) is 3.83. The van der Waals surface area contributed by atoms with Crippen molar-refractivity contribution in [2.24, 2.45) is 5.41 Å². The lowest BCUT2D eigenvalue weighted by Gasteiger charge is -2.37. The lowest BCUT2D eigenvalue weighted by Crippen LogP contribution is -2.48. The van der Waals surface area contributed by atoms with Crippen molar-refractivity contribution in [1.82, 2.24) is 0 Å². The third-order valence-electron chi connectivity index (χ3n) is 8.89. The Morgan fingerprint density at radius 1 is 0.833 bits per heavy atom. The lowest BCUT2D eigenvalue weighted by atomic mass is 9.64. The number of ether oxygens (including phenoxy) is 2. The molecule has 1 saturated heterocycles. The second kappa shape index (κ2) is 9.71. The van der Waals surface area contributed by atoms with Gasteiger partial charge in [0.15, 0.2) is 17.3 Å². The highest BCUT2D eigenvalue weighted by molar-refractivity contribution is 6.35. The van der Waals surface area contributed by atoms with Crippen LogP contribution in [0.2, 0.25) is 5.02 Å². The van der Waals surface area contributed by atoms with Crippen LogP contribution in [-0.2, 0) is 0 Å². The highest BCUT2D eigenvalue weighted by Crippen LogP contribution is 2.62. The molecule has 0 aromatic heterocycles. The Bertz CT molecular complexity index is 1790. The molecule has 2 heterocycles. The fraction of sp³-hybridized carbons (Fsp3) is 0.171.